The number of nitro groups is 1. The summed E-state index contributed by atoms with van der Waals surface area (Å²) in [5, 5.41) is 26.1. The zero-order valence-electron chi connectivity index (χ0n) is 10.4. The van der Waals surface area contributed by atoms with E-state index in [-0.39, 0.29) is 5.69 Å². The zero-order chi connectivity index (χ0) is 14.7. The number of rotatable bonds is 5. The van der Waals surface area contributed by atoms with Gasteiger partial charge in [-0.3, -0.25) is 10.1 Å². The number of nitro benzene ring substituents is 1. The van der Waals surface area contributed by atoms with Gasteiger partial charge < -0.3 is 4.42 Å². The van der Waals surface area contributed by atoms with E-state index in [1.807, 2.05) is 0 Å². The van der Waals surface area contributed by atoms with Gasteiger partial charge in [-0.25, -0.2) is 0 Å². The molecule has 0 bridgehead atoms. The van der Waals surface area contributed by atoms with Crippen molar-refractivity contribution >= 4 is 28.8 Å². The van der Waals surface area contributed by atoms with E-state index in [4.69, 9.17) is 4.42 Å². The number of benzene rings is 1. The standard InChI is InChI=1S/C11H7N5O3S2/c17-16(18)8-3-1-7(2-4-8)10-14-13-9(19-10)5-20-11-15-12-6-21-11/h1-4,6H,5H2. The highest BCUT2D eigenvalue weighted by molar-refractivity contribution is 8.00. The Balaban J connectivity index is 1.70. The Morgan fingerprint density at radius 1 is 1.24 bits per heavy atom. The molecule has 0 radical (unpaired) electrons. The summed E-state index contributed by atoms with van der Waals surface area (Å²) < 4.78 is 6.34. The minimum absolute atomic E-state index is 0.0188. The first-order chi connectivity index (χ1) is 10.2. The van der Waals surface area contributed by atoms with Crippen LogP contribution in [0.2, 0.25) is 0 Å². The van der Waals surface area contributed by atoms with Crippen LogP contribution in [0.15, 0.2) is 38.5 Å². The van der Waals surface area contributed by atoms with E-state index in [0.29, 0.717) is 23.1 Å². The second kappa shape index (κ2) is 5.97. The minimum Gasteiger partial charge on any atom is -0.420 e. The van der Waals surface area contributed by atoms with E-state index in [0.717, 1.165) is 4.34 Å². The Morgan fingerprint density at radius 3 is 2.71 bits per heavy atom. The van der Waals surface area contributed by atoms with Crippen molar-refractivity contribution in [2.24, 2.45) is 0 Å². The lowest BCUT2D eigenvalue weighted by Gasteiger charge is -1.94. The summed E-state index contributed by atoms with van der Waals surface area (Å²) in [5.41, 5.74) is 2.31. The van der Waals surface area contributed by atoms with Crippen molar-refractivity contribution in [3.8, 4) is 11.5 Å². The summed E-state index contributed by atoms with van der Waals surface area (Å²) in [6.07, 6.45) is 0. The molecule has 0 saturated heterocycles. The Morgan fingerprint density at radius 2 is 2.05 bits per heavy atom. The predicted molar refractivity (Wildman–Crippen MR) is 75.9 cm³/mol. The molecule has 0 atom stereocenters. The van der Waals surface area contributed by atoms with Crippen molar-refractivity contribution in [1.29, 1.82) is 0 Å². The number of non-ortho nitro benzene ring substituents is 1. The summed E-state index contributed by atoms with van der Waals surface area (Å²) in [6.45, 7) is 0. The molecule has 0 aliphatic rings. The van der Waals surface area contributed by atoms with Crippen LogP contribution in [0, 0.1) is 10.1 Å². The second-order valence-electron chi connectivity index (χ2n) is 3.80. The highest BCUT2D eigenvalue weighted by Crippen LogP contribution is 2.25. The fourth-order valence-corrected chi connectivity index (χ4v) is 2.83. The topological polar surface area (TPSA) is 108 Å². The van der Waals surface area contributed by atoms with E-state index in [2.05, 4.69) is 20.4 Å². The van der Waals surface area contributed by atoms with Gasteiger partial charge in [0.1, 0.15) is 5.51 Å². The average Bonchev–Trinajstić information content (AvgIpc) is 3.17. The highest BCUT2D eigenvalue weighted by atomic mass is 32.2. The Hall–Kier alpha value is -2.33. The molecule has 0 unspecified atom stereocenters. The molecule has 8 nitrogen and oxygen atoms in total. The van der Waals surface area contributed by atoms with Crippen LogP contribution < -0.4 is 0 Å². The van der Waals surface area contributed by atoms with Gasteiger partial charge in [0.15, 0.2) is 4.34 Å². The third kappa shape index (κ3) is 3.23. The SMILES string of the molecule is O=[N+]([O-])c1ccc(-c2nnc(CSc3nncs3)o2)cc1. The van der Waals surface area contributed by atoms with Gasteiger partial charge in [0.2, 0.25) is 11.8 Å². The lowest BCUT2D eigenvalue weighted by Crippen LogP contribution is -1.87. The molecule has 0 saturated carbocycles. The lowest BCUT2D eigenvalue weighted by molar-refractivity contribution is -0.384. The van der Waals surface area contributed by atoms with E-state index in [1.54, 1.807) is 17.6 Å². The molecule has 0 spiro atoms. The number of thioether (sulfide) groups is 1. The smallest absolute Gasteiger partial charge is 0.269 e. The van der Waals surface area contributed by atoms with Crippen LogP contribution in [0.25, 0.3) is 11.5 Å². The number of hydrogen-bond acceptors (Lipinski definition) is 9. The van der Waals surface area contributed by atoms with Crippen LogP contribution in [0.1, 0.15) is 5.89 Å². The molecular formula is C11H7N5O3S2. The van der Waals surface area contributed by atoms with Gasteiger partial charge >= 0.3 is 0 Å². The van der Waals surface area contributed by atoms with Crippen LogP contribution in [-0.4, -0.2) is 25.3 Å². The molecule has 0 fully saturated rings. The third-order valence-electron chi connectivity index (χ3n) is 2.45. The molecule has 2 aromatic heterocycles. The van der Waals surface area contributed by atoms with Gasteiger partial charge in [-0.15, -0.1) is 20.4 Å². The first-order valence-corrected chi connectivity index (χ1v) is 7.55. The van der Waals surface area contributed by atoms with Crippen molar-refractivity contribution in [3.05, 3.63) is 45.8 Å². The number of hydrogen-bond donors (Lipinski definition) is 0. The summed E-state index contributed by atoms with van der Waals surface area (Å²) in [6, 6.07) is 5.95. The van der Waals surface area contributed by atoms with Crippen molar-refractivity contribution in [1.82, 2.24) is 20.4 Å². The molecule has 0 aliphatic carbocycles. The van der Waals surface area contributed by atoms with Gasteiger partial charge in [0.25, 0.3) is 5.69 Å². The first kappa shape index (κ1) is 13.6. The molecule has 0 N–H and O–H groups in total. The van der Waals surface area contributed by atoms with E-state index >= 15 is 0 Å². The van der Waals surface area contributed by atoms with Crippen LogP contribution in [-0.2, 0) is 5.75 Å². The molecule has 0 amide bonds. The minimum atomic E-state index is -0.457. The summed E-state index contributed by atoms with van der Waals surface area (Å²) in [4.78, 5) is 10.1. The van der Waals surface area contributed by atoms with Gasteiger partial charge in [-0.05, 0) is 12.1 Å². The second-order valence-corrected chi connectivity index (χ2v) is 5.85. The summed E-state index contributed by atoms with van der Waals surface area (Å²) >= 11 is 2.89. The average molecular weight is 321 g/mol. The molecular weight excluding hydrogens is 314 g/mol. The largest absolute Gasteiger partial charge is 0.420 e. The summed E-state index contributed by atoms with van der Waals surface area (Å²) in [7, 11) is 0. The molecule has 0 aliphatic heterocycles. The highest BCUT2D eigenvalue weighted by Gasteiger charge is 2.11. The van der Waals surface area contributed by atoms with Gasteiger partial charge in [0, 0.05) is 17.7 Å². The maximum absolute atomic E-state index is 10.6. The van der Waals surface area contributed by atoms with Gasteiger partial charge in [-0.1, -0.05) is 23.1 Å². The molecule has 2 heterocycles. The molecule has 10 heteroatoms. The van der Waals surface area contributed by atoms with Gasteiger partial charge in [-0.2, -0.15) is 0 Å². The van der Waals surface area contributed by atoms with Crippen LogP contribution >= 0.6 is 23.1 Å². The van der Waals surface area contributed by atoms with Crippen LogP contribution in [0.4, 0.5) is 5.69 Å². The summed E-state index contributed by atoms with van der Waals surface area (Å²) in [5.74, 6) is 1.29. The molecule has 3 rings (SSSR count). The Kier molecular flexibility index (Phi) is 3.88. The van der Waals surface area contributed by atoms with E-state index < -0.39 is 4.92 Å². The maximum Gasteiger partial charge on any atom is 0.269 e. The fourth-order valence-electron chi connectivity index (χ4n) is 1.50. The third-order valence-corrected chi connectivity index (χ3v) is 4.30. The van der Waals surface area contributed by atoms with Crippen molar-refractivity contribution in [2.75, 3.05) is 0 Å². The fraction of sp³-hybridized carbons (Fsp3) is 0.0909. The lowest BCUT2D eigenvalue weighted by atomic mass is 10.2. The maximum atomic E-state index is 10.6. The molecule has 3 aromatic rings. The molecule has 106 valence electrons. The Labute approximate surface area is 126 Å². The normalized spacial score (nSPS) is 10.7. The molecule has 1 aromatic carbocycles. The van der Waals surface area contributed by atoms with Gasteiger partial charge in [0.05, 0.1) is 10.7 Å². The molecule has 21 heavy (non-hydrogen) atoms. The van der Waals surface area contributed by atoms with E-state index in [1.165, 1.54) is 35.2 Å². The first-order valence-electron chi connectivity index (χ1n) is 5.68. The Bertz CT molecular complexity index is 742. The van der Waals surface area contributed by atoms with Crippen LogP contribution in [0.5, 0.6) is 0 Å². The zero-order valence-corrected chi connectivity index (χ0v) is 12.0. The van der Waals surface area contributed by atoms with Crippen molar-refractivity contribution < 1.29 is 9.34 Å². The predicted octanol–water partition coefficient (Wildman–Crippen LogP) is 2.79. The monoisotopic (exact) mass is 321 g/mol. The van der Waals surface area contributed by atoms with Crippen molar-refractivity contribution in [3.63, 3.8) is 0 Å². The number of nitrogens with zero attached hydrogens (tertiary/aromatic N) is 5. The quantitative estimate of drug-likeness (QED) is 0.401. The number of aromatic nitrogens is 4. The van der Waals surface area contributed by atoms with Crippen molar-refractivity contribution in [2.45, 2.75) is 10.1 Å². The van der Waals surface area contributed by atoms with E-state index in [9.17, 15) is 10.1 Å². The van der Waals surface area contributed by atoms with Crippen LogP contribution in [0.3, 0.4) is 0 Å².